The molecular formula is C30H33N3O11. The fraction of sp³-hybridized carbons (Fsp3) is 0.400. The number of phenols is 2. The van der Waals surface area contributed by atoms with Gasteiger partial charge in [-0.25, -0.2) is 4.79 Å². The molecular weight excluding hydrogens is 578 g/mol. The van der Waals surface area contributed by atoms with Crippen LogP contribution in [-0.4, -0.2) is 109 Å². The first-order valence-corrected chi connectivity index (χ1v) is 14.0. The summed E-state index contributed by atoms with van der Waals surface area (Å²) in [5, 5.41) is 70.8. The molecule has 0 bridgehead atoms. The van der Waals surface area contributed by atoms with Gasteiger partial charge in [-0.2, -0.15) is 0 Å². The second-order valence-corrected chi connectivity index (χ2v) is 10.6. The molecule has 6 atom stereocenters. The first-order chi connectivity index (χ1) is 21.0. The Bertz CT molecular complexity index is 1540. The Kier molecular flexibility index (Phi) is 8.99. The molecule has 2 aromatic carbocycles. The maximum atomic E-state index is 13.4. The lowest BCUT2D eigenvalue weighted by Gasteiger charge is -2.39. The second-order valence-electron chi connectivity index (χ2n) is 10.6. The van der Waals surface area contributed by atoms with Gasteiger partial charge >= 0.3 is 5.97 Å². The number of fused-ring (bicyclic) bond motifs is 1. The molecule has 0 aliphatic carbocycles. The molecule has 0 unspecified atom stereocenters. The minimum atomic E-state index is -1.76. The van der Waals surface area contributed by atoms with Gasteiger partial charge in [0, 0.05) is 30.5 Å². The van der Waals surface area contributed by atoms with Crippen molar-refractivity contribution in [2.75, 3.05) is 18.2 Å². The van der Waals surface area contributed by atoms with E-state index in [0.717, 1.165) is 16.3 Å². The zero-order valence-electron chi connectivity index (χ0n) is 23.6. The lowest BCUT2D eigenvalue weighted by molar-refractivity contribution is -0.277. The zero-order chi connectivity index (χ0) is 31.7. The van der Waals surface area contributed by atoms with E-state index in [9.17, 15) is 45.3 Å². The van der Waals surface area contributed by atoms with Crippen LogP contribution in [-0.2, 0) is 27.2 Å². The summed E-state index contributed by atoms with van der Waals surface area (Å²) in [5.41, 5.74) is 3.28. The number of carbonyl (C=O) groups is 2. The normalized spacial score (nSPS) is 26.4. The van der Waals surface area contributed by atoms with Crippen molar-refractivity contribution in [3.63, 3.8) is 0 Å². The van der Waals surface area contributed by atoms with E-state index in [0.29, 0.717) is 36.2 Å². The van der Waals surface area contributed by atoms with Crippen LogP contribution in [0.15, 0.2) is 46.4 Å². The maximum Gasteiger partial charge on any atom is 0.327 e. The van der Waals surface area contributed by atoms with Crippen LogP contribution in [0.3, 0.4) is 0 Å². The van der Waals surface area contributed by atoms with Gasteiger partial charge in [-0.1, -0.05) is 13.0 Å². The minimum Gasteiger partial charge on any atom is -0.508 e. The standard InChI is InChI=1S/C30H33N3O11/c1-2-17-18(32-13-31-17)8-16-7-14(3-5-21(16)35)4-6-25(37)33-19-11-23(22(36)10-15(19)9-20(33)29(41)42)43-30-28(40)27(39)26(38)24(12-34)44-30/h3-7,10-11,20,24,26-28,30,34-36,38-40H,2,8-9,12-13H2,1H3,(H,41,42)/t20-,24-,26-,27+,28-,30+/m1/s1. The number of aliphatic carboxylic acids is 1. The number of ether oxygens (including phenoxy) is 2. The van der Waals surface area contributed by atoms with Crippen molar-refractivity contribution in [2.45, 2.75) is 62.9 Å². The fourth-order valence-corrected chi connectivity index (χ4v) is 5.45. The van der Waals surface area contributed by atoms with Crippen LogP contribution >= 0.6 is 0 Å². The number of aliphatic hydroxyl groups is 4. The molecule has 3 heterocycles. The fourth-order valence-electron chi connectivity index (χ4n) is 5.45. The monoisotopic (exact) mass is 611 g/mol. The number of aliphatic imine (C=N–C) groups is 2. The summed E-state index contributed by atoms with van der Waals surface area (Å²) < 4.78 is 10.9. The maximum absolute atomic E-state index is 13.4. The molecule has 1 fully saturated rings. The predicted molar refractivity (Wildman–Crippen MR) is 156 cm³/mol. The third-order valence-corrected chi connectivity index (χ3v) is 7.83. The van der Waals surface area contributed by atoms with Gasteiger partial charge in [0.05, 0.1) is 23.7 Å². The van der Waals surface area contributed by atoms with Crippen LogP contribution in [0.5, 0.6) is 17.2 Å². The first-order valence-electron chi connectivity index (χ1n) is 14.0. The number of carboxylic acid groups (broad SMARTS) is 1. The van der Waals surface area contributed by atoms with E-state index in [4.69, 9.17) is 9.47 Å². The minimum absolute atomic E-state index is 0.0599. The number of hydrogen-bond acceptors (Lipinski definition) is 12. The molecule has 14 heteroatoms. The highest BCUT2D eigenvalue weighted by molar-refractivity contribution is 6.43. The van der Waals surface area contributed by atoms with E-state index < -0.39 is 61.0 Å². The number of benzene rings is 2. The Morgan fingerprint density at radius 3 is 2.50 bits per heavy atom. The third kappa shape index (κ3) is 6.02. The average Bonchev–Trinajstić information content (AvgIpc) is 3.61. The number of nitrogens with zero attached hydrogens (tertiary/aromatic N) is 3. The Morgan fingerprint density at radius 2 is 1.80 bits per heavy atom. The smallest absolute Gasteiger partial charge is 0.327 e. The number of phenolic OH excluding ortho intramolecular Hbond substituents is 2. The van der Waals surface area contributed by atoms with Gasteiger partial charge in [-0.05, 0) is 41.8 Å². The number of rotatable bonds is 9. The van der Waals surface area contributed by atoms with Crippen LogP contribution < -0.4 is 9.64 Å². The summed E-state index contributed by atoms with van der Waals surface area (Å²) in [5.74, 6) is -2.65. The Balaban J connectivity index is 1.39. The summed E-state index contributed by atoms with van der Waals surface area (Å²) in [6.07, 6.45) is -4.35. The van der Waals surface area contributed by atoms with Crippen molar-refractivity contribution in [3.05, 3.63) is 53.1 Å². The lowest BCUT2D eigenvalue weighted by Crippen LogP contribution is -2.60. The summed E-state index contributed by atoms with van der Waals surface area (Å²) >= 11 is 0. The molecule has 0 saturated carbocycles. The van der Waals surface area contributed by atoms with Crippen LogP contribution in [0.4, 0.5) is 5.69 Å². The van der Waals surface area contributed by atoms with Gasteiger partial charge < -0.3 is 45.2 Å². The molecule has 14 nitrogen and oxygen atoms in total. The second kappa shape index (κ2) is 12.7. The SMILES string of the molecule is CCC1=NCN=C1Cc1cc(C=CC(=O)N2c3cc(O[C@H]4O[C@H](CO)[C@@H](O)[C@H](O)[C@H]4O)c(O)cc3C[C@@H]2C(=O)O)ccc1O. The molecule has 3 aliphatic heterocycles. The van der Waals surface area contributed by atoms with Crippen LogP contribution in [0, 0.1) is 0 Å². The molecule has 0 aromatic heterocycles. The summed E-state index contributed by atoms with van der Waals surface area (Å²) in [6, 6.07) is 5.94. The number of aromatic hydroxyl groups is 2. The number of amides is 1. The Labute approximate surface area is 251 Å². The number of hydrogen-bond donors (Lipinski definition) is 7. The van der Waals surface area contributed by atoms with Crippen LogP contribution in [0.1, 0.15) is 30.0 Å². The van der Waals surface area contributed by atoms with Crippen LogP contribution in [0.2, 0.25) is 0 Å². The largest absolute Gasteiger partial charge is 0.508 e. The predicted octanol–water partition coefficient (Wildman–Crippen LogP) is 0.138. The van der Waals surface area contributed by atoms with Gasteiger partial charge in [0.2, 0.25) is 6.29 Å². The molecule has 234 valence electrons. The van der Waals surface area contributed by atoms with Gasteiger partial charge in [-0.15, -0.1) is 0 Å². The summed E-state index contributed by atoms with van der Waals surface area (Å²) in [6.45, 7) is 1.63. The van der Waals surface area contributed by atoms with Crippen LogP contribution in [0.25, 0.3) is 6.08 Å². The number of anilines is 1. The van der Waals surface area contributed by atoms with Gasteiger partial charge in [0.15, 0.2) is 11.5 Å². The highest BCUT2D eigenvalue weighted by Gasteiger charge is 2.45. The van der Waals surface area contributed by atoms with Gasteiger partial charge in [-0.3, -0.25) is 19.7 Å². The van der Waals surface area contributed by atoms with E-state index in [1.165, 1.54) is 30.4 Å². The van der Waals surface area contributed by atoms with Crippen molar-refractivity contribution >= 4 is 35.1 Å². The summed E-state index contributed by atoms with van der Waals surface area (Å²) in [7, 11) is 0. The average molecular weight is 612 g/mol. The molecule has 2 aromatic rings. The molecule has 3 aliphatic rings. The molecule has 7 N–H and O–H groups in total. The summed E-state index contributed by atoms with van der Waals surface area (Å²) in [4.78, 5) is 35.3. The lowest BCUT2D eigenvalue weighted by atomic mass is 9.99. The quantitative estimate of drug-likeness (QED) is 0.189. The molecule has 0 radical (unpaired) electrons. The van der Waals surface area contributed by atoms with Crippen molar-refractivity contribution in [1.82, 2.24) is 0 Å². The van der Waals surface area contributed by atoms with E-state index >= 15 is 0 Å². The molecule has 5 rings (SSSR count). The third-order valence-electron chi connectivity index (χ3n) is 7.83. The van der Waals surface area contributed by atoms with E-state index in [1.807, 2.05) is 6.92 Å². The number of aliphatic hydroxyl groups excluding tert-OH is 4. The Morgan fingerprint density at radius 1 is 1.05 bits per heavy atom. The highest BCUT2D eigenvalue weighted by atomic mass is 16.7. The molecule has 44 heavy (non-hydrogen) atoms. The van der Waals surface area contributed by atoms with E-state index in [-0.39, 0.29) is 23.6 Å². The van der Waals surface area contributed by atoms with E-state index in [2.05, 4.69) is 9.98 Å². The number of carboxylic acids is 1. The van der Waals surface area contributed by atoms with Crippen molar-refractivity contribution < 1.29 is 54.8 Å². The number of carbonyl (C=O) groups excluding carboxylic acids is 1. The van der Waals surface area contributed by atoms with Crippen molar-refractivity contribution in [3.8, 4) is 17.2 Å². The highest BCUT2D eigenvalue weighted by Crippen LogP contribution is 2.42. The van der Waals surface area contributed by atoms with E-state index in [1.54, 1.807) is 12.1 Å². The van der Waals surface area contributed by atoms with Crippen molar-refractivity contribution in [1.29, 1.82) is 0 Å². The van der Waals surface area contributed by atoms with Crippen molar-refractivity contribution in [2.24, 2.45) is 9.98 Å². The van der Waals surface area contributed by atoms with Gasteiger partial charge in [0.1, 0.15) is 42.9 Å². The zero-order valence-corrected chi connectivity index (χ0v) is 23.6. The Hall–Kier alpha value is -4.34. The topological polar surface area (TPSA) is 222 Å². The molecule has 1 amide bonds. The molecule has 1 saturated heterocycles. The first kappa shape index (κ1) is 31.1. The molecule has 0 spiro atoms. The van der Waals surface area contributed by atoms with Gasteiger partial charge in [0.25, 0.3) is 5.91 Å².